The summed E-state index contributed by atoms with van der Waals surface area (Å²) < 4.78 is 5.54. The average Bonchev–Trinajstić information content (AvgIpc) is 3.11. The van der Waals surface area contributed by atoms with Crippen LogP contribution < -0.4 is 14.5 Å². The van der Waals surface area contributed by atoms with E-state index in [0.717, 1.165) is 35.2 Å². The fourth-order valence-electron chi connectivity index (χ4n) is 4.78. The van der Waals surface area contributed by atoms with Gasteiger partial charge in [-0.25, -0.2) is 4.90 Å². The number of amides is 2. The molecule has 0 N–H and O–H groups in total. The van der Waals surface area contributed by atoms with Gasteiger partial charge in [-0.1, -0.05) is 36.4 Å². The van der Waals surface area contributed by atoms with Gasteiger partial charge in [-0.2, -0.15) is 0 Å². The third-order valence-corrected chi connectivity index (χ3v) is 6.64. The highest BCUT2D eigenvalue weighted by Gasteiger charge is 2.43. The first kappa shape index (κ1) is 22.0. The van der Waals surface area contributed by atoms with E-state index in [2.05, 4.69) is 6.07 Å². The molecule has 0 fully saturated rings. The molecule has 2 amide bonds. The van der Waals surface area contributed by atoms with Crippen molar-refractivity contribution in [1.82, 2.24) is 0 Å². The number of aryl methyl sites for hydroxylation is 3. The van der Waals surface area contributed by atoms with Gasteiger partial charge in [0.25, 0.3) is 11.8 Å². The molecule has 5 nitrogen and oxygen atoms in total. The third kappa shape index (κ3) is 3.67. The van der Waals surface area contributed by atoms with Gasteiger partial charge in [0.05, 0.1) is 17.9 Å². The number of fused-ring (bicyclic) bond motifs is 1. The van der Waals surface area contributed by atoms with Crippen LogP contribution in [0.5, 0.6) is 5.75 Å². The lowest BCUT2D eigenvalue weighted by molar-refractivity contribution is -0.120. The number of nitrogens with zero attached hydrogens (tertiary/aromatic N) is 2. The number of hydrogen-bond acceptors (Lipinski definition) is 4. The second-order valence-corrected chi connectivity index (χ2v) is 8.78. The molecule has 5 rings (SSSR count). The van der Waals surface area contributed by atoms with Crippen LogP contribution in [0.3, 0.4) is 0 Å². The van der Waals surface area contributed by atoms with Crippen molar-refractivity contribution in [2.45, 2.75) is 33.6 Å². The molecule has 34 heavy (non-hydrogen) atoms. The van der Waals surface area contributed by atoms with Crippen molar-refractivity contribution in [2.75, 3.05) is 23.0 Å². The van der Waals surface area contributed by atoms with Crippen LogP contribution in [0.15, 0.2) is 72.4 Å². The minimum absolute atomic E-state index is 0.293. The summed E-state index contributed by atoms with van der Waals surface area (Å²) in [7, 11) is 0. The molecule has 5 heteroatoms. The predicted octanol–water partition coefficient (Wildman–Crippen LogP) is 5.44. The van der Waals surface area contributed by atoms with Gasteiger partial charge in [-0.05, 0) is 86.2 Å². The van der Waals surface area contributed by atoms with Crippen LogP contribution in [0, 0.1) is 13.8 Å². The molecule has 0 saturated carbocycles. The Morgan fingerprint density at radius 1 is 0.882 bits per heavy atom. The van der Waals surface area contributed by atoms with Crippen LogP contribution in [0.4, 0.5) is 11.4 Å². The van der Waals surface area contributed by atoms with E-state index in [9.17, 15) is 9.59 Å². The second-order valence-electron chi connectivity index (χ2n) is 8.78. The summed E-state index contributed by atoms with van der Waals surface area (Å²) in [5.74, 6) is 0.118. The normalized spacial score (nSPS) is 15.7. The molecular weight excluding hydrogens is 424 g/mol. The van der Waals surface area contributed by atoms with E-state index in [1.54, 1.807) is 24.3 Å². The highest BCUT2D eigenvalue weighted by molar-refractivity contribution is 6.46. The number of rotatable bonds is 5. The van der Waals surface area contributed by atoms with E-state index in [1.165, 1.54) is 10.5 Å². The Morgan fingerprint density at radius 3 is 2.38 bits per heavy atom. The molecule has 3 aromatic rings. The van der Waals surface area contributed by atoms with Crippen molar-refractivity contribution in [1.29, 1.82) is 0 Å². The van der Waals surface area contributed by atoms with Gasteiger partial charge in [0.15, 0.2) is 0 Å². The van der Waals surface area contributed by atoms with Crippen LogP contribution in [0.2, 0.25) is 0 Å². The van der Waals surface area contributed by atoms with Gasteiger partial charge in [-0.15, -0.1) is 0 Å². The number of imide groups is 1. The van der Waals surface area contributed by atoms with Crippen molar-refractivity contribution in [3.63, 3.8) is 0 Å². The first-order chi connectivity index (χ1) is 16.5. The van der Waals surface area contributed by atoms with E-state index in [0.29, 0.717) is 35.9 Å². The monoisotopic (exact) mass is 452 g/mol. The summed E-state index contributed by atoms with van der Waals surface area (Å²) in [6.07, 6.45) is 1.88. The Balaban J connectivity index is 1.66. The Bertz CT molecular complexity index is 1310. The van der Waals surface area contributed by atoms with Crippen LogP contribution in [-0.4, -0.2) is 25.0 Å². The summed E-state index contributed by atoms with van der Waals surface area (Å²) >= 11 is 0. The van der Waals surface area contributed by atoms with Crippen molar-refractivity contribution >= 4 is 28.8 Å². The summed E-state index contributed by atoms with van der Waals surface area (Å²) in [5.41, 5.74) is 6.65. The molecule has 0 spiro atoms. The SMILES string of the molecule is CCOc1ccc(N2C(=O)C(c3ccc(C)c(C)c3)=C(N3CCCc4ccccc43)C2=O)cc1. The van der Waals surface area contributed by atoms with E-state index in [1.807, 2.05) is 62.1 Å². The minimum Gasteiger partial charge on any atom is -0.494 e. The van der Waals surface area contributed by atoms with Gasteiger partial charge < -0.3 is 9.64 Å². The zero-order valence-electron chi connectivity index (χ0n) is 19.8. The quantitative estimate of drug-likeness (QED) is 0.484. The molecule has 3 aromatic carbocycles. The number of anilines is 2. The van der Waals surface area contributed by atoms with Crippen LogP contribution in [-0.2, 0) is 16.0 Å². The molecule has 2 aliphatic rings. The molecule has 0 aromatic heterocycles. The summed E-state index contributed by atoms with van der Waals surface area (Å²) in [6.45, 7) is 7.24. The highest BCUT2D eigenvalue weighted by atomic mass is 16.5. The maximum atomic E-state index is 13.9. The molecule has 0 atom stereocenters. The highest BCUT2D eigenvalue weighted by Crippen LogP contribution is 2.40. The van der Waals surface area contributed by atoms with Gasteiger partial charge in [0, 0.05) is 12.2 Å². The lowest BCUT2D eigenvalue weighted by atomic mass is 9.97. The number of para-hydroxylation sites is 1. The zero-order valence-corrected chi connectivity index (χ0v) is 19.8. The number of carbonyl (C=O) groups is 2. The number of carbonyl (C=O) groups excluding carboxylic acids is 2. The first-order valence-corrected chi connectivity index (χ1v) is 11.8. The van der Waals surface area contributed by atoms with Crippen molar-refractivity contribution in [3.8, 4) is 5.75 Å². The fourth-order valence-corrected chi connectivity index (χ4v) is 4.78. The summed E-state index contributed by atoms with van der Waals surface area (Å²) in [5, 5.41) is 0. The third-order valence-electron chi connectivity index (χ3n) is 6.64. The molecule has 0 bridgehead atoms. The largest absolute Gasteiger partial charge is 0.494 e. The van der Waals surface area contributed by atoms with Crippen LogP contribution in [0.1, 0.15) is 35.6 Å². The van der Waals surface area contributed by atoms with Gasteiger partial charge in [0.1, 0.15) is 11.4 Å². The molecule has 2 aliphatic heterocycles. The molecule has 0 unspecified atom stereocenters. The van der Waals surface area contributed by atoms with E-state index >= 15 is 0 Å². The lowest BCUT2D eigenvalue weighted by Crippen LogP contribution is -2.37. The fraction of sp³-hybridized carbons (Fsp3) is 0.241. The molecule has 0 radical (unpaired) electrons. The minimum atomic E-state index is -0.296. The maximum absolute atomic E-state index is 13.9. The average molecular weight is 453 g/mol. The maximum Gasteiger partial charge on any atom is 0.282 e. The second kappa shape index (κ2) is 8.82. The van der Waals surface area contributed by atoms with Gasteiger partial charge >= 0.3 is 0 Å². The first-order valence-electron chi connectivity index (χ1n) is 11.8. The van der Waals surface area contributed by atoms with Crippen molar-refractivity contribution in [2.24, 2.45) is 0 Å². The van der Waals surface area contributed by atoms with Gasteiger partial charge in [-0.3, -0.25) is 9.59 Å². The molecule has 172 valence electrons. The van der Waals surface area contributed by atoms with Crippen molar-refractivity contribution < 1.29 is 14.3 Å². The Kier molecular flexibility index (Phi) is 5.70. The van der Waals surface area contributed by atoms with Crippen LogP contribution in [0.25, 0.3) is 5.57 Å². The Morgan fingerprint density at radius 2 is 1.65 bits per heavy atom. The van der Waals surface area contributed by atoms with Crippen LogP contribution >= 0.6 is 0 Å². The number of ether oxygens (including phenoxy) is 1. The molecule has 0 saturated heterocycles. The summed E-state index contributed by atoms with van der Waals surface area (Å²) in [4.78, 5) is 31.2. The van der Waals surface area contributed by atoms with Crippen molar-refractivity contribution in [3.05, 3.63) is 94.7 Å². The van der Waals surface area contributed by atoms with E-state index in [-0.39, 0.29) is 11.8 Å². The number of hydrogen-bond donors (Lipinski definition) is 0. The molecular formula is C29H28N2O3. The number of benzene rings is 3. The zero-order chi connectivity index (χ0) is 23.8. The summed E-state index contributed by atoms with van der Waals surface area (Å²) in [6, 6.07) is 21.2. The van der Waals surface area contributed by atoms with Gasteiger partial charge in [0.2, 0.25) is 0 Å². The molecule has 0 aliphatic carbocycles. The lowest BCUT2D eigenvalue weighted by Gasteiger charge is -2.32. The predicted molar refractivity (Wildman–Crippen MR) is 135 cm³/mol. The van der Waals surface area contributed by atoms with E-state index < -0.39 is 0 Å². The van der Waals surface area contributed by atoms with E-state index in [4.69, 9.17) is 4.74 Å². The Labute approximate surface area is 200 Å². The Hall–Kier alpha value is -3.86. The topological polar surface area (TPSA) is 49.9 Å². The standard InChI is InChI=1S/C29H28N2O3/c1-4-34-24-15-13-23(14-16-24)31-28(32)26(22-12-11-19(2)20(3)18-22)27(29(31)33)30-17-7-9-21-8-5-6-10-25(21)30/h5-6,8,10-16,18H,4,7,9,17H2,1-3H3. The molecule has 2 heterocycles. The smallest absolute Gasteiger partial charge is 0.282 e.